The fourth-order valence-electron chi connectivity index (χ4n) is 3.17. The Hall–Kier alpha value is -1.79. The van der Waals surface area contributed by atoms with Crippen LogP contribution in [0.3, 0.4) is 0 Å². The molecular formula is C16H19NO5. The van der Waals surface area contributed by atoms with Crippen molar-refractivity contribution in [3.63, 3.8) is 0 Å². The molecule has 1 spiro atoms. The van der Waals surface area contributed by atoms with Crippen LogP contribution in [0, 0.1) is 0 Å². The largest absolute Gasteiger partial charge is 0.454 e. The van der Waals surface area contributed by atoms with Gasteiger partial charge in [0.2, 0.25) is 6.79 Å². The Morgan fingerprint density at radius 3 is 2.55 bits per heavy atom. The predicted molar refractivity (Wildman–Crippen MR) is 77.0 cm³/mol. The Kier molecular flexibility index (Phi) is 3.43. The van der Waals surface area contributed by atoms with E-state index >= 15 is 0 Å². The van der Waals surface area contributed by atoms with Gasteiger partial charge in [-0.2, -0.15) is 0 Å². The second kappa shape index (κ2) is 5.44. The molecule has 3 aliphatic rings. The molecule has 22 heavy (non-hydrogen) atoms. The molecule has 1 aromatic carbocycles. The van der Waals surface area contributed by atoms with Gasteiger partial charge in [0.05, 0.1) is 13.2 Å². The molecule has 1 aromatic rings. The van der Waals surface area contributed by atoms with E-state index < -0.39 is 5.79 Å². The van der Waals surface area contributed by atoms with Gasteiger partial charge >= 0.3 is 0 Å². The zero-order valence-corrected chi connectivity index (χ0v) is 12.4. The highest BCUT2D eigenvalue weighted by molar-refractivity contribution is 5.95. The summed E-state index contributed by atoms with van der Waals surface area (Å²) in [4.78, 5) is 14.5. The average molecular weight is 305 g/mol. The lowest BCUT2D eigenvalue weighted by molar-refractivity contribution is -0.281. The van der Waals surface area contributed by atoms with Gasteiger partial charge < -0.3 is 23.8 Å². The molecule has 2 saturated heterocycles. The predicted octanol–water partition coefficient (Wildman–Crippen LogP) is 1.78. The summed E-state index contributed by atoms with van der Waals surface area (Å²) in [6.07, 6.45) is 2.40. The Balaban J connectivity index is 1.43. The number of carbonyl (C=O) groups excluding carboxylic acids is 1. The zero-order chi connectivity index (χ0) is 15.0. The van der Waals surface area contributed by atoms with E-state index in [0.717, 1.165) is 32.5 Å². The summed E-state index contributed by atoms with van der Waals surface area (Å²) >= 11 is 0. The summed E-state index contributed by atoms with van der Waals surface area (Å²) in [6.45, 7) is 3.00. The lowest BCUT2D eigenvalue weighted by Crippen LogP contribution is -2.51. The SMILES string of the molecule is O=C(c1ccc2c(c1)OCO2)N1CCC2(CC1)OCCCO2. The molecule has 3 aliphatic heterocycles. The smallest absolute Gasteiger partial charge is 0.253 e. The number of ether oxygens (including phenoxy) is 4. The first-order chi connectivity index (χ1) is 10.8. The number of hydrogen-bond donors (Lipinski definition) is 0. The summed E-state index contributed by atoms with van der Waals surface area (Å²) in [6, 6.07) is 5.32. The fourth-order valence-corrected chi connectivity index (χ4v) is 3.17. The third-order valence-electron chi connectivity index (χ3n) is 4.45. The highest BCUT2D eigenvalue weighted by Gasteiger charge is 2.39. The minimum atomic E-state index is -0.468. The van der Waals surface area contributed by atoms with Gasteiger partial charge in [0.15, 0.2) is 17.3 Å². The van der Waals surface area contributed by atoms with Crippen molar-refractivity contribution in [2.75, 3.05) is 33.1 Å². The number of piperidine rings is 1. The van der Waals surface area contributed by atoms with E-state index in [4.69, 9.17) is 18.9 Å². The zero-order valence-electron chi connectivity index (χ0n) is 12.4. The van der Waals surface area contributed by atoms with E-state index in [9.17, 15) is 4.79 Å². The van der Waals surface area contributed by atoms with Crippen LogP contribution in [0.25, 0.3) is 0 Å². The second-order valence-corrected chi connectivity index (χ2v) is 5.82. The van der Waals surface area contributed by atoms with E-state index in [1.165, 1.54) is 0 Å². The van der Waals surface area contributed by atoms with Crippen molar-refractivity contribution < 1.29 is 23.7 Å². The first-order valence-electron chi connectivity index (χ1n) is 7.73. The van der Waals surface area contributed by atoms with Gasteiger partial charge in [-0.3, -0.25) is 4.79 Å². The van der Waals surface area contributed by atoms with Gasteiger partial charge in [-0.05, 0) is 24.6 Å². The molecule has 6 nitrogen and oxygen atoms in total. The molecule has 0 atom stereocenters. The van der Waals surface area contributed by atoms with Gasteiger partial charge in [0, 0.05) is 31.5 Å². The number of likely N-dealkylation sites (tertiary alicyclic amines) is 1. The van der Waals surface area contributed by atoms with Crippen LogP contribution in [0.1, 0.15) is 29.6 Å². The first-order valence-corrected chi connectivity index (χ1v) is 7.73. The second-order valence-electron chi connectivity index (χ2n) is 5.82. The minimum absolute atomic E-state index is 0.0176. The van der Waals surface area contributed by atoms with E-state index in [1.807, 2.05) is 4.90 Å². The van der Waals surface area contributed by atoms with Crippen LogP contribution < -0.4 is 9.47 Å². The van der Waals surface area contributed by atoms with Crippen molar-refractivity contribution in [1.29, 1.82) is 0 Å². The maximum absolute atomic E-state index is 12.6. The van der Waals surface area contributed by atoms with Crippen molar-refractivity contribution in [2.24, 2.45) is 0 Å². The van der Waals surface area contributed by atoms with Crippen molar-refractivity contribution in [1.82, 2.24) is 4.90 Å². The number of benzene rings is 1. The van der Waals surface area contributed by atoms with Gasteiger partial charge in [-0.1, -0.05) is 0 Å². The van der Waals surface area contributed by atoms with Crippen LogP contribution >= 0.6 is 0 Å². The number of carbonyl (C=O) groups is 1. The molecule has 118 valence electrons. The van der Waals surface area contributed by atoms with Crippen LogP contribution in [0.2, 0.25) is 0 Å². The average Bonchev–Trinajstić information content (AvgIpc) is 3.03. The van der Waals surface area contributed by atoms with Crippen LogP contribution in [-0.4, -0.2) is 49.7 Å². The standard InChI is InChI=1S/C16H19NO5/c18-15(12-2-3-13-14(10-12)20-11-19-13)17-6-4-16(5-7-17)21-8-1-9-22-16/h2-3,10H,1,4-9,11H2. The molecule has 0 aromatic heterocycles. The molecule has 1 amide bonds. The Morgan fingerprint density at radius 2 is 1.77 bits per heavy atom. The maximum Gasteiger partial charge on any atom is 0.253 e. The summed E-state index contributed by atoms with van der Waals surface area (Å²) in [5.41, 5.74) is 0.630. The molecule has 3 heterocycles. The summed E-state index contributed by atoms with van der Waals surface area (Å²) in [7, 11) is 0. The van der Waals surface area contributed by atoms with E-state index in [0.29, 0.717) is 30.2 Å². The summed E-state index contributed by atoms with van der Waals surface area (Å²) < 4.78 is 22.2. The normalized spacial score (nSPS) is 22.8. The van der Waals surface area contributed by atoms with E-state index in [1.54, 1.807) is 18.2 Å². The number of fused-ring (bicyclic) bond motifs is 1. The van der Waals surface area contributed by atoms with Gasteiger partial charge in [0.1, 0.15) is 0 Å². The number of amides is 1. The quantitative estimate of drug-likeness (QED) is 0.791. The Morgan fingerprint density at radius 1 is 1.05 bits per heavy atom. The molecular weight excluding hydrogens is 286 g/mol. The molecule has 2 fully saturated rings. The van der Waals surface area contributed by atoms with Crippen LogP contribution in [0.5, 0.6) is 11.5 Å². The Labute approximate surface area is 128 Å². The van der Waals surface area contributed by atoms with E-state index in [2.05, 4.69) is 0 Å². The van der Waals surface area contributed by atoms with Crippen molar-refractivity contribution in [3.05, 3.63) is 23.8 Å². The summed E-state index contributed by atoms with van der Waals surface area (Å²) in [5.74, 6) is 0.879. The van der Waals surface area contributed by atoms with Crippen LogP contribution in [0.15, 0.2) is 18.2 Å². The fraction of sp³-hybridized carbons (Fsp3) is 0.562. The molecule has 0 aliphatic carbocycles. The molecule has 4 rings (SSSR count). The van der Waals surface area contributed by atoms with Crippen molar-refractivity contribution in [3.8, 4) is 11.5 Å². The lowest BCUT2D eigenvalue weighted by Gasteiger charge is -2.43. The monoisotopic (exact) mass is 305 g/mol. The molecule has 0 unspecified atom stereocenters. The number of hydrogen-bond acceptors (Lipinski definition) is 5. The number of nitrogens with zero attached hydrogens (tertiary/aromatic N) is 1. The topological polar surface area (TPSA) is 57.2 Å². The lowest BCUT2D eigenvalue weighted by atomic mass is 10.0. The minimum Gasteiger partial charge on any atom is -0.454 e. The Bertz CT molecular complexity index is 572. The maximum atomic E-state index is 12.6. The highest BCUT2D eigenvalue weighted by Crippen LogP contribution is 2.34. The molecule has 0 saturated carbocycles. The van der Waals surface area contributed by atoms with Crippen molar-refractivity contribution in [2.45, 2.75) is 25.0 Å². The van der Waals surface area contributed by atoms with Gasteiger partial charge in [0.25, 0.3) is 5.91 Å². The summed E-state index contributed by atoms with van der Waals surface area (Å²) in [5, 5.41) is 0. The number of rotatable bonds is 1. The molecule has 0 N–H and O–H groups in total. The molecule has 0 bridgehead atoms. The van der Waals surface area contributed by atoms with Gasteiger partial charge in [-0.25, -0.2) is 0 Å². The van der Waals surface area contributed by atoms with Gasteiger partial charge in [-0.15, -0.1) is 0 Å². The van der Waals surface area contributed by atoms with E-state index in [-0.39, 0.29) is 12.7 Å². The molecule has 6 heteroatoms. The van der Waals surface area contributed by atoms with Crippen LogP contribution in [0.4, 0.5) is 0 Å². The van der Waals surface area contributed by atoms with Crippen LogP contribution in [-0.2, 0) is 9.47 Å². The first kappa shape index (κ1) is 13.8. The highest BCUT2D eigenvalue weighted by atomic mass is 16.7. The third-order valence-corrected chi connectivity index (χ3v) is 4.45. The third kappa shape index (κ3) is 2.42. The van der Waals surface area contributed by atoms with Crippen molar-refractivity contribution >= 4 is 5.91 Å². The molecule has 0 radical (unpaired) electrons.